The van der Waals surface area contributed by atoms with E-state index in [4.69, 9.17) is 9.16 Å². The van der Waals surface area contributed by atoms with Gasteiger partial charge in [0.1, 0.15) is 0 Å². The summed E-state index contributed by atoms with van der Waals surface area (Å²) in [5.74, 6) is 0.211. The van der Waals surface area contributed by atoms with E-state index in [-0.39, 0.29) is 5.97 Å². The molecule has 70 valence electrons. The zero-order chi connectivity index (χ0) is 9.19. The molecule has 0 saturated carbocycles. The number of hydrogen-bond donors (Lipinski definition) is 0. The average molecular weight is 188 g/mol. The van der Waals surface area contributed by atoms with E-state index in [2.05, 4.69) is 19.6 Å². The second kappa shape index (κ2) is 3.58. The molecule has 0 spiro atoms. The standard InChI is InChI=1S/C8H16O3Si/c1-12(2,3)11-6-7-4-8(9)10-5-7/h7H,4-6H2,1-3H3. The summed E-state index contributed by atoms with van der Waals surface area (Å²) < 4.78 is 10.5. The first-order chi connectivity index (χ1) is 5.47. The number of carbonyl (C=O) groups is 1. The zero-order valence-electron chi connectivity index (χ0n) is 7.92. The summed E-state index contributed by atoms with van der Waals surface area (Å²) in [6.45, 7) is 7.66. The first-order valence-electron chi connectivity index (χ1n) is 4.27. The van der Waals surface area contributed by atoms with E-state index in [9.17, 15) is 4.79 Å². The van der Waals surface area contributed by atoms with E-state index in [1.165, 1.54) is 0 Å². The van der Waals surface area contributed by atoms with Gasteiger partial charge in [-0.25, -0.2) is 0 Å². The Balaban J connectivity index is 2.20. The highest BCUT2D eigenvalue weighted by molar-refractivity contribution is 6.69. The van der Waals surface area contributed by atoms with Crippen LogP contribution >= 0.6 is 0 Å². The largest absolute Gasteiger partial charge is 0.465 e. The molecule has 1 heterocycles. The van der Waals surface area contributed by atoms with Gasteiger partial charge in [0.25, 0.3) is 0 Å². The van der Waals surface area contributed by atoms with Crippen LogP contribution < -0.4 is 0 Å². The normalized spacial score (nSPS) is 24.2. The van der Waals surface area contributed by atoms with E-state index in [1.54, 1.807) is 0 Å². The predicted octanol–water partition coefficient (Wildman–Crippen LogP) is 1.40. The van der Waals surface area contributed by atoms with E-state index < -0.39 is 8.32 Å². The Hall–Kier alpha value is -0.353. The lowest BCUT2D eigenvalue weighted by molar-refractivity contribution is -0.137. The summed E-state index contributed by atoms with van der Waals surface area (Å²) in [5.41, 5.74) is 0. The monoisotopic (exact) mass is 188 g/mol. The Morgan fingerprint density at radius 2 is 2.25 bits per heavy atom. The van der Waals surface area contributed by atoms with Gasteiger partial charge in [-0.2, -0.15) is 0 Å². The third-order valence-electron chi connectivity index (χ3n) is 1.69. The van der Waals surface area contributed by atoms with Gasteiger partial charge >= 0.3 is 5.97 Å². The van der Waals surface area contributed by atoms with Crippen molar-refractivity contribution < 1.29 is 14.0 Å². The maximum atomic E-state index is 10.7. The second-order valence-electron chi connectivity index (χ2n) is 4.18. The maximum absolute atomic E-state index is 10.7. The molecular formula is C8H16O3Si. The molecule has 1 aliphatic rings. The molecule has 0 amide bonds. The average Bonchev–Trinajstić information content (AvgIpc) is 2.30. The second-order valence-corrected chi connectivity index (χ2v) is 8.69. The third-order valence-corrected chi connectivity index (χ3v) is 2.72. The molecule has 1 unspecified atom stereocenters. The van der Waals surface area contributed by atoms with Crippen molar-refractivity contribution in [1.82, 2.24) is 0 Å². The molecule has 0 bridgehead atoms. The fraction of sp³-hybridized carbons (Fsp3) is 0.875. The van der Waals surface area contributed by atoms with Gasteiger partial charge in [-0.1, -0.05) is 0 Å². The molecule has 1 saturated heterocycles. The molecular weight excluding hydrogens is 172 g/mol. The number of cyclic esters (lactones) is 1. The molecule has 0 N–H and O–H groups in total. The van der Waals surface area contributed by atoms with Crippen LogP contribution in [0.2, 0.25) is 19.6 Å². The number of ether oxygens (including phenoxy) is 1. The Labute approximate surface area is 74.2 Å². The van der Waals surface area contributed by atoms with Crippen LogP contribution in [0, 0.1) is 5.92 Å². The highest BCUT2D eigenvalue weighted by atomic mass is 28.4. The van der Waals surface area contributed by atoms with Gasteiger partial charge in [0.2, 0.25) is 0 Å². The van der Waals surface area contributed by atoms with Gasteiger partial charge in [-0.05, 0) is 19.6 Å². The summed E-state index contributed by atoms with van der Waals surface area (Å²) >= 11 is 0. The lowest BCUT2D eigenvalue weighted by atomic mass is 10.1. The summed E-state index contributed by atoms with van der Waals surface area (Å²) in [4.78, 5) is 10.7. The van der Waals surface area contributed by atoms with E-state index in [0.717, 1.165) is 0 Å². The topological polar surface area (TPSA) is 35.5 Å². The fourth-order valence-electron chi connectivity index (χ4n) is 1.04. The highest BCUT2D eigenvalue weighted by Gasteiger charge is 2.25. The minimum Gasteiger partial charge on any atom is -0.465 e. The minimum absolute atomic E-state index is 0.0841. The lowest BCUT2D eigenvalue weighted by Crippen LogP contribution is -2.28. The fourth-order valence-corrected chi connectivity index (χ4v) is 1.77. The summed E-state index contributed by atoms with van der Waals surface area (Å²) in [5, 5.41) is 0. The molecule has 1 aliphatic heterocycles. The van der Waals surface area contributed by atoms with E-state index in [1.807, 2.05) is 0 Å². The van der Waals surface area contributed by atoms with Crippen LogP contribution in [0.15, 0.2) is 0 Å². The van der Waals surface area contributed by atoms with Crippen molar-refractivity contribution in [3.05, 3.63) is 0 Å². The number of hydrogen-bond acceptors (Lipinski definition) is 3. The zero-order valence-corrected chi connectivity index (χ0v) is 8.92. The Kier molecular flexibility index (Phi) is 2.90. The van der Waals surface area contributed by atoms with Gasteiger partial charge in [-0.15, -0.1) is 0 Å². The highest BCUT2D eigenvalue weighted by Crippen LogP contribution is 2.16. The van der Waals surface area contributed by atoms with E-state index >= 15 is 0 Å². The Morgan fingerprint density at radius 3 is 2.67 bits per heavy atom. The SMILES string of the molecule is C[Si](C)(C)OCC1COC(=O)C1. The molecule has 0 aromatic rings. The van der Waals surface area contributed by atoms with Crippen LogP contribution in [0.1, 0.15) is 6.42 Å². The molecule has 0 aliphatic carbocycles. The van der Waals surface area contributed by atoms with Crippen LogP contribution in [0.25, 0.3) is 0 Å². The molecule has 0 aromatic carbocycles. The molecule has 1 atom stereocenters. The predicted molar refractivity (Wildman–Crippen MR) is 48.4 cm³/mol. The summed E-state index contributed by atoms with van der Waals surface area (Å²) in [6.07, 6.45) is 0.532. The number of rotatable bonds is 3. The quantitative estimate of drug-likeness (QED) is 0.496. The van der Waals surface area contributed by atoms with Crippen LogP contribution in [0.4, 0.5) is 0 Å². The number of carbonyl (C=O) groups excluding carboxylic acids is 1. The molecule has 1 fully saturated rings. The van der Waals surface area contributed by atoms with Gasteiger partial charge in [-0.3, -0.25) is 4.79 Å². The van der Waals surface area contributed by atoms with Gasteiger partial charge in [0.05, 0.1) is 13.0 Å². The smallest absolute Gasteiger partial charge is 0.306 e. The first-order valence-corrected chi connectivity index (χ1v) is 7.68. The van der Waals surface area contributed by atoms with Gasteiger partial charge < -0.3 is 9.16 Å². The van der Waals surface area contributed by atoms with Crippen LogP contribution in [-0.4, -0.2) is 27.5 Å². The van der Waals surface area contributed by atoms with E-state index in [0.29, 0.717) is 25.6 Å². The minimum atomic E-state index is -1.41. The van der Waals surface area contributed by atoms with Crippen molar-refractivity contribution in [2.75, 3.05) is 13.2 Å². The molecule has 4 heteroatoms. The Bertz CT molecular complexity index is 174. The van der Waals surface area contributed by atoms with Crippen LogP contribution in [-0.2, 0) is 14.0 Å². The van der Waals surface area contributed by atoms with Crippen LogP contribution in [0.5, 0.6) is 0 Å². The molecule has 3 nitrogen and oxygen atoms in total. The lowest BCUT2D eigenvalue weighted by Gasteiger charge is -2.18. The van der Waals surface area contributed by atoms with Gasteiger partial charge in [0, 0.05) is 12.5 Å². The molecule has 1 rings (SSSR count). The Morgan fingerprint density at radius 1 is 1.58 bits per heavy atom. The van der Waals surface area contributed by atoms with Crippen molar-refractivity contribution >= 4 is 14.3 Å². The van der Waals surface area contributed by atoms with Crippen LogP contribution in [0.3, 0.4) is 0 Å². The van der Waals surface area contributed by atoms with Crippen molar-refractivity contribution in [2.24, 2.45) is 5.92 Å². The summed E-state index contributed by atoms with van der Waals surface area (Å²) in [7, 11) is -1.41. The van der Waals surface area contributed by atoms with Crippen molar-refractivity contribution in [1.29, 1.82) is 0 Å². The van der Waals surface area contributed by atoms with Gasteiger partial charge in [0.15, 0.2) is 8.32 Å². The molecule has 12 heavy (non-hydrogen) atoms. The maximum Gasteiger partial charge on any atom is 0.306 e. The third kappa shape index (κ3) is 3.36. The van der Waals surface area contributed by atoms with Crippen molar-refractivity contribution in [2.45, 2.75) is 26.1 Å². The summed E-state index contributed by atoms with van der Waals surface area (Å²) in [6, 6.07) is 0. The van der Waals surface area contributed by atoms with Crippen molar-refractivity contribution in [3.63, 3.8) is 0 Å². The number of esters is 1. The molecule has 0 radical (unpaired) electrons. The molecule has 0 aromatic heterocycles. The van der Waals surface area contributed by atoms with Crippen molar-refractivity contribution in [3.8, 4) is 0 Å². The first kappa shape index (κ1) is 9.73.